The van der Waals surface area contributed by atoms with E-state index >= 15 is 0 Å². The van der Waals surface area contributed by atoms with Gasteiger partial charge in [-0.2, -0.15) is 0 Å². The smallest absolute Gasteiger partial charge is 0.144 e. The minimum Gasteiger partial charge on any atom is -0.491 e. The number of nitrogens with two attached hydrogens (primary N) is 2. The molecule has 0 unspecified atom stereocenters. The Morgan fingerprint density at radius 1 is 1.21 bits per heavy atom. The van der Waals surface area contributed by atoms with Crippen LogP contribution in [0.15, 0.2) is 18.2 Å². The molecule has 0 spiro atoms. The molecule has 4 heteroatoms. The molecule has 0 aliphatic carbocycles. The Morgan fingerprint density at radius 2 is 2.00 bits per heavy atom. The van der Waals surface area contributed by atoms with Crippen LogP contribution in [0.4, 0.5) is 11.4 Å². The Morgan fingerprint density at radius 3 is 2.71 bits per heavy atom. The second kappa shape index (κ2) is 5.34. The Kier molecular flexibility index (Phi) is 4.07. The van der Waals surface area contributed by atoms with E-state index in [2.05, 4.69) is 0 Å². The molecule has 0 aliphatic heterocycles. The summed E-state index contributed by atoms with van der Waals surface area (Å²) in [4.78, 5) is 0. The van der Waals surface area contributed by atoms with Crippen LogP contribution in [0.3, 0.4) is 0 Å². The maximum atomic E-state index is 5.72. The summed E-state index contributed by atoms with van der Waals surface area (Å²) in [6, 6.07) is 5.37. The maximum absolute atomic E-state index is 5.72. The number of benzene rings is 1. The average Bonchev–Trinajstić information content (AvgIpc) is 2.19. The number of para-hydroxylation sites is 1. The van der Waals surface area contributed by atoms with Gasteiger partial charge in [-0.25, -0.2) is 0 Å². The van der Waals surface area contributed by atoms with Crippen LogP contribution in [0.5, 0.6) is 5.75 Å². The third-order valence-electron chi connectivity index (χ3n) is 1.85. The normalized spacial score (nSPS) is 10.1. The van der Waals surface area contributed by atoms with Gasteiger partial charge in [0.25, 0.3) is 0 Å². The molecule has 4 nitrogen and oxygen atoms in total. The summed E-state index contributed by atoms with van der Waals surface area (Å²) < 4.78 is 10.3. The lowest BCUT2D eigenvalue weighted by Crippen LogP contribution is -2.04. The fourth-order valence-electron chi connectivity index (χ4n) is 1.07. The van der Waals surface area contributed by atoms with Gasteiger partial charge in [0.2, 0.25) is 0 Å². The molecule has 0 atom stereocenters. The largest absolute Gasteiger partial charge is 0.491 e. The zero-order valence-corrected chi connectivity index (χ0v) is 8.32. The van der Waals surface area contributed by atoms with E-state index in [0.29, 0.717) is 30.3 Å². The fourth-order valence-corrected chi connectivity index (χ4v) is 1.07. The summed E-state index contributed by atoms with van der Waals surface area (Å²) in [5.74, 6) is 0.640. The highest BCUT2D eigenvalue weighted by molar-refractivity contribution is 5.70. The number of hydrogen-bond acceptors (Lipinski definition) is 4. The van der Waals surface area contributed by atoms with Gasteiger partial charge >= 0.3 is 0 Å². The van der Waals surface area contributed by atoms with Crippen LogP contribution >= 0.6 is 0 Å². The van der Waals surface area contributed by atoms with E-state index in [1.807, 2.05) is 6.07 Å². The first-order valence-electron chi connectivity index (χ1n) is 4.51. The molecule has 1 aromatic rings. The van der Waals surface area contributed by atoms with Crippen molar-refractivity contribution < 1.29 is 9.47 Å². The topological polar surface area (TPSA) is 70.5 Å². The van der Waals surface area contributed by atoms with Gasteiger partial charge < -0.3 is 20.9 Å². The summed E-state index contributed by atoms with van der Waals surface area (Å²) in [6.45, 7) is 1.27. The van der Waals surface area contributed by atoms with Crippen LogP contribution in [0.1, 0.15) is 6.42 Å². The highest BCUT2D eigenvalue weighted by Gasteiger charge is 2.02. The number of ether oxygens (including phenoxy) is 2. The van der Waals surface area contributed by atoms with E-state index < -0.39 is 0 Å². The van der Waals surface area contributed by atoms with E-state index in [-0.39, 0.29) is 0 Å². The van der Waals surface area contributed by atoms with Crippen molar-refractivity contribution >= 4 is 11.4 Å². The number of rotatable bonds is 5. The van der Waals surface area contributed by atoms with Crippen molar-refractivity contribution in [3.05, 3.63) is 18.2 Å². The quantitative estimate of drug-likeness (QED) is 0.549. The monoisotopic (exact) mass is 196 g/mol. The molecule has 0 radical (unpaired) electrons. The van der Waals surface area contributed by atoms with Gasteiger partial charge in [-0.15, -0.1) is 0 Å². The molecule has 0 fully saturated rings. The summed E-state index contributed by atoms with van der Waals surface area (Å²) >= 11 is 0. The fraction of sp³-hybridized carbons (Fsp3) is 0.400. The molecule has 0 saturated carbocycles. The lowest BCUT2D eigenvalue weighted by Gasteiger charge is -2.09. The standard InChI is InChI=1S/C10H16N2O2/c1-13-6-3-7-14-9-5-2-4-8(11)10(9)12/h2,4-5H,3,6-7,11-12H2,1H3. The Labute approximate surface area is 83.8 Å². The van der Waals surface area contributed by atoms with Crippen molar-refractivity contribution in [2.45, 2.75) is 6.42 Å². The maximum Gasteiger partial charge on any atom is 0.144 e. The highest BCUT2D eigenvalue weighted by Crippen LogP contribution is 2.26. The minimum absolute atomic E-state index is 0.505. The molecule has 1 aromatic carbocycles. The van der Waals surface area contributed by atoms with Gasteiger partial charge in [0.1, 0.15) is 5.75 Å². The van der Waals surface area contributed by atoms with Crippen LogP contribution < -0.4 is 16.2 Å². The van der Waals surface area contributed by atoms with Gasteiger partial charge in [-0.3, -0.25) is 0 Å². The molecule has 14 heavy (non-hydrogen) atoms. The first-order chi connectivity index (χ1) is 6.75. The molecular weight excluding hydrogens is 180 g/mol. The molecule has 0 aliphatic rings. The van der Waals surface area contributed by atoms with E-state index in [0.717, 1.165) is 6.42 Å². The van der Waals surface area contributed by atoms with Gasteiger partial charge in [0.05, 0.1) is 18.0 Å². The van der Waals surface area contributed by atoms with E-state index in [4.69, 9.17) is 20.9 Å². The van der Waals surface area contributed by atoms with Crippen molar-refractivity contribution in [2.75, 3.05) is 31.8 Å². The van der Waals surface area contributed by atoms with E-state index in [1.165, 1.54) is 0 Å². The van der Waals surface area contributed by atoms with Crippen LogP contribution in [-0.4, -0.2) is 20.3 Å². The second-order valence-electron chi connectivity index (χ2n) is 2.95. The molecule has 78 valence electrons. The third kappa shape index (κ3) is 2.81. The summed E-state index contributed by atoms with van der Waals surface area (Å²) in [7, 11) is 1.66. The van der Waals surface area contributed by atoms with Crippen LogP contribution in [0, 0.1) is 0 Å². The molecule has 0 bridgehead atoms. The number of methoxy groups -OCH3 is 1. The molecule has 0 aromatic heterocycles. The van der Waals surface area contributed by atoms with Gasteiger partial charge in [-0.1, -0.05) is 6.07 Å². The van der Waals surface area contributed by atoms with Gasteiger partial charge in [-0.05, 0) is 12.1 Å². The molecule has 0 heterocycles. The van der Waals surface area contributed by atoms with Crippen molar-refractivity contribution in [1.82, 2.24) is 0 Å². The lowest BCUT2D eigenvalue weighted by molar-refractivity contribution is 0.172. The summed E-state index contributed by atoms with van der Waals surface area (Å²) in [5.41, 5.74) is 12.4. The zero-order valence-electron chi connectivity index (χ0n) is 8.32. The molecule has 0 amide bonds. The minimum atomic E-state index is 0.505. The van der Waals surface area contributed by atoms with Crippen molar-refractivity contribution in [1.29, 1.82) is 0 Å². The van der Waals surface area contributed by atoms with Gasteiger partial charge in [0, 0.05) is 20.1 Å². The molecule has 0 saturated heterocycles. The summed E-state index contributed by atoms with van der Waals surface area (Å²) in [5, 5.41) is 0. The Hall–Kier alpha value is -1.42. The van der Waals surface area contributed by atoms with Crippen LogP contribution in [0.25, 0.3) is 0 Å². The number of anilines is 2. The van der Waals surface area contributed by atoms with Crippen molar-refractivity contribution in [2.24, 2.45) is 0 Å². The highest BCUT2D eigenvalue weighted by atomic mass is 16.5. The second-order valence-corrected chi connectivity index (χ2v) is 2.95. The number of nitrogen functional groups attached to an aromatic ring is 2. The van der Waals surface area contributed by atoms with Crippen molar-refractivity contribution in [3.63, 3.8) is 0 Å². The predicted molar refractivity (Wildman–Crippen MR) is 57.3 cm³/mol. The molecule has 1 rings (SSSR count). The molecule has 4 N–H and O–H groups in total. The van der Waals surface area contributed by atoms with E-state index in [9.17, 15) is 0 Å². The van der Waals surface area contributed by atoms with Gasteiger partial charge in [0.15, 0.2) is 0 Å². The zero-order chi connectivity index (χ0) is 10.4. The number of hydrogen-bond donors (Lipinski definition) is 2. The predicted octanol–water partition coefficient (Wildman–Crippen LogP) is 1.27. The molecular formula is C10H16N2O2. The SMILES string of the molecule is COCCCOc1cccc(N)c1N. The van der Waals surface area contributed by atoms with E-state index in [1.54, 1.807) is 19.2 Å². The Balaban J connectivity index is 2.46. The first-order valence-corrected chi connectivity index (χ1v) is 4.51. The Bertz CT molecular complexity index is 289. The van der Waals surface area contributed by atoms with Crippen LogP contribution in [-0.2, 0) is 4.74 Å². The summed E-state index contributed by atoms with van der Waals surface area (Å²) in [6.07, 6.45) is 0.838. The van der Waals surface area contributed by atoms with Crippen molar-refractivity contribution in [3.8, 4) is 5.75 Å². The lowest BCUT2D eigenvalue weighted by atomic mass is 10.2. The third-order valence-corrected chi connectivity index (χ3v) is 1.85. The van der Waals surface area contributed by atoms with Crippen LogP contribution in [0.2, 0.25) is 0 Å². The first kappa shape index (κ1) is 10.7. The average molecular weight is 196 g/mol.